The fraction of sp³-hybridized carbons (Fsp3) is 0.500. The first-order valence-electron chi connectivity index (χ1n) is 6.51. The highest BCUT2D eigenvalue weighted by Crippen LogP contribution is 2.13. The van der Waals surface area contributed by atoms with Crippen molar-refractivity contribution in [1.82, 2.24) is 10.6 Å². The van der Waals surface area contributed by atoms with Crippen LogP contribution in [-0.4, -0.2) is 30.1 Å². The lowest BCUT2D eigenvalue weighted by Gasteiger charge is -2.18. The molecule has 98 valence electrons. The number of nitrogens with one attached hydrogen (secondary N) is 2. The van der Waals surface area contributed by atoms with E-state index in [0.29, 0.717) is 5.56 Å². The van der Waals surface area contributed by atoms with Gasteiger partial charge >= 0.3 is 0 Å². The molecule has 1 heterocycles. The molecule has 1 aliphatic rings. The van der Waals surface area contributed by atoms with E-state index in [1.54, 1.807) is 12.1 Å². The van der Waals surface area contributed by atoms with Crippen LogP contribution in [0.25, 0.3) is 0 Å². The van der Waals surface area contributed by atoms with Crippen molar-refractivity contribution in [1.29, 1.82) is 0 Å². The average molecular weight is 248 g/mol. The standard InChI is InChI=1S/C14H20N2O2/c17-13(11-5-2-1-3-6-11)14(18)16-12-7-4-9-15-10-8-12/h1-3,5-6,12-13,15,17H,4,7-10H2,(H,16,18). The predicted octanol–water partition coefficient (Wildman–Crippen LogP) is 0.978. The number of rotatable bonds is 3. The molecule has 1 aromatic rings. The van der Waals surface area contributed by atoms with Gasteiger partial charge in [-0.3, -0.25) is 4.79 Å². The molecule has 1 aliphatic heterocycles. The number of carbonyl (C=O) groups excluding carboxylic acids is 1. The maximum atomic E-state index is 11.9. The molecule has 1 saturated heterocycles. The minimum Gasteiger partial charge on any atom is -0.378 e. The summed E-state index contributed by atoms with van der Waals surface area (Å²) in [6, 6.07) is 9.21. The molecule has 2 atom stereocenters. The Hall–Kier alpha value is -1.39. The lowest BCUT2D eigenvalue weighted by molar-refractivity contribution is -0.130. The minimum atomic E-state index is -1.07. The van der Waals surface area contributed by atoms with Crippen LogP contribution in [0.1, 0.15) is 30.9 Å². The van der Waals surface area contributed by atoms with Crippen molar-refractivity contribution >= 4 is 5.91 Å². The largest absolute Gasteiger partial charge is 0.378 e. The summed E-state index contributed by atoms with van der Waals surface area (Å²) in [7, 11) is 0. The monoisotopic (exact) mass is 248 g/mol. The van der Waals surface area contributed by atoms with Crippen molar-refractivity contribution in [2.45, 2.75) is 31.4 Å². The van der Waals surface area contributed by atoms with Crippen LogP contribution in [0.5, 0.6) is 0 Å². The molecular weight excluding hydrogens is 228 g/mol. The normalized spacial score (nSPS) is 21.9. The van der Waals surface area contributed by atoms with Gasteiger partial charge in [-0.05, 0) is 37.9 Å². The van der Waals surface area contributed by atoms with E-state index in [1.807, 2.05) is 18.2 Å². The van der Waals surface area contributed by atoms with E-state index < -0.39 is 6.10 Å². The van der Waals surface area contributed by atoms with Crippen LogP contribution >= 0.6 is 0 Å². The third-order valence-corrected chi connectivity index (χ3v) is 3.29. The first kappa shape index (κ1) is 13.1. The summed E-state index contributed by atoms with van der Waals surface area (Å²) < 4.78 is 0. The number of aliphatic hydroxyl groups excluding tert-OH is 1. The van der Waals surface area contributed by atoms with Gasteiger partial charge in [0, 0.05) is 6.04 Å². The molecule has 0 bridgehead atoms. The van der Waals surface area contributed by atoms with Gasteiger partial charge in [0.2, 0.25) is 0 Å². The molecule has 0 aromatic heterocycles. The molecule has 0 radical (unpaired) electrons. The molecule has 1 aromatic carbocycles. The van der Waals surface area contributed by atoms with Gasteiger partial charge in [-0.1, -0.05) is 30.3 Å². The first-order valence-corrected chi connectivity index (χ1v) is 6.51. The lowest BCUT2D eigenvalue weighted by Crippen LogP contribution is -2.38. The Balaban J connectivity index is 1.90. The molecule has 0 spiro atoms. The van der Waals surface area contributed by atoms with Crippen molar-refractivity contribution in [2.75, 3.05) is 13.1 Å². The Morgan fingerprint density at radius 1 is 1.28 bits per heavy atom. The Bertz CT molecular complexity index is 373. The van der Waals surface area contributed by atoms with Gasteiger partial charge in [0.15, 0.2) is 6.10 Å². The molecule has 0 aliphatic carbocycles. The number of hydrogen-bond acceptors (Lipinski definition) is 3. The molecule has 4 nitrogen and oxygen atoms in total. The highest BCUT2D eigenvalue weighted by Gasteiger charge is 2.21. The molecule has 1 amide bonds. The fourth-order valence-corrected chi connectivity index (χ4v) is 2.23. The second-order valence-electron chi connectivity index (χ2n) is 4.70. The van der Waals surface area contributed by atoms with Gasteiger partial charge in [0.1, 0.15) is 0 Å². The van der Waals surface area contributed by atoms with Gasteiger partial charge in [0.25, 0.3) is 5.91 Å². The van der Waals surface area contributed by atoms with Crippen molar-refractivity contribution in [3.63, 3.8) is 0 Å². The smallest absolute Gasteiger partial charge is 0.253 e. The van der Waals surface area contributed by atoms with Gasteiger partial charge in [0.05, 0.1) is 0 Å². The highest BCUT2D eigenvalue weighted by atomic mass is 16.3. The second kappa shape index (κ2) is 6.52. The molecule has 0 saturated carbocycles. The second-order valence-corrected chi connectivity index (χ2v) is 4.70. The van der Waals surface area contributed by atoms with Crippen molar-refractivity contribution in [3.8, 4) is 0 Å². The third kappa shape index (κ3) is 3.55. The van der Waals surface area contributed by atoms with E-state index in [0.717, 1.165) is 32.4 Å². The molecule has 18 heavy (non-hydrogen) atoms. The number of hydrogen-bond donors (Lipinski definition) is 3. The van der Waals surface area contributed by atoms with Crippen LogP contribution in [-0.2, 0) is 4.79 Å². The Morgan fingerprint density at radius 3 is 2.83 bits per heavy atom. The van der Waals surface area contributed by atoms with Gasteiger partial charge < -0.3 is 15.7 Å². The van der Waals surface area contributed by atoms with E-state index in [-0.39, 0.29) is 11.9 Å². The van der Waals surface area contributed by atoms with Crippen LogP contribution < -0.4 is 10.6 Å². The maximum Gasteiger partial charge on any atom is 0.253 e. The van der Waals surface area contributed by atoms with Crippen LogP contribution in [0.4, 0.5) is 0 Å². The summed E-state index contributed by atoms with van der Waals surface area (Å²) in [6.07, 6.45) is 1.89. The number of aliphatic hydroxyl groups is 1. The summed E-state index contributed by atoms with van der Waals surface area (Å²) in [6.45, 7) is 1.93. The Labute approximate surface area is 107 Å². The third-order valence-electron chi connectivity index (χ3n) is 3.29. The first-order chi connectivity index (χ1) is 8.77. The summed E-state index contributed by atoms with van der Waals surface area (Å²) in [4.78, 5) is 11.9. The highest BCUT2D eigenvalue weighted by molar-refractivity contribution is 5.82. The van der Waals surface area contributed by atoms with E-state index in [9.17, 15) is 9.90 Å². The van der Waals surface area contributed by atoms with Gasteiger partial charge in [-0.25, -0.2) is 0 Å². The number of amides is 1. The number of benzene rings is 1. The molecular formula is C14H20N2O2. The summed E-state index contributed by atoms with van der Waals surface area (Å²) in [5.74, 6) is -0.298. The van der Waals surface area contributed by atoms with E-state index in [2.05, 4.69) is 10.6 Å². The number of carbonyl (C=O) groups is 1. The van der Waals surface area contributed by atoms with Crippen molar-refractivity contribution in [3.05, 3.63) is 35.9 Å². The fourth-order valence-electron chi connectivity index (χ4n) is 2.23. The molecule has 2 unspecified atom stereocenters. The van der Waals surface area contributed by atoms with E-state index in [4.69, 9.17) is 0 Å². The van der Waals surface area contributed by atoms with Crippen LogP contribution in [0.15, 0.2) is 30.3 Å². The quantitative estimate of drug-likeness (QED) is 0.747. The average Bonchev–Trinajstić information content (AvgIpc) is 2.67. The van der Waals surface area contributed by atoms with Crippen LogP contribution in [0.2, 0.25) is 0 Å². The van der Waals surface area contributed by atoms with E-state index >= 15 is 0 Å². The van der Waals surface area contributed by atoms with Crippen molar-refractivity contribution < 1.29 is 9.90 Å². The summed E-state index contributed by atoms with van der Waals surface area (Å²) in [5.41, 5.74) is 0.641. The molecule has 3 N–H and O–H groups in total. The minimum absolute atomic E-state index is 0.172. The zero-order valence-corrected chi connectivity index (χ0v) is 10.4. The van der Waals surface area contributed by atoms with Crippen LogP contribution in [0, 0.1) is 0 Å². The van der Waals surface area contributed by atoms with Gasteiger partial charge in [-0.15, -0.1) is 0 Å². The lowest BCUT2D eigenvalue weighted by atomic mass is 10.1. The summed E-state index contributed by atoms with van der Waals surface area (Å²) in [5, 5.41) is 16.2. The van der Waals surface area contributed by atoms with Crippen molar-refractivity contribution in [2.24, 2.45) is 0 Å². The SMILES string of the molecule is O=C(NC1CCCNCC1)C(O)c1ccccc1. The maximum absolute atomic E-state index is 11.9. The molecule has 4 heteroatoms. The van der Waals surface area contributed by atoms with Gasteiger partial charge in [-0.2, -0.15) is 0 Å². The topological polar surface area (TPSA) is 61.4 Å². The van der Waals surface area contributed by atoms with Crippen LogP contribution in [0.3, 0.4) is 0 Å². The summed E-state index contributed by atoms with van der Waals surface area (Å²) >= 11 is 0. The predicted molar refractivity (Wildman–Crippen MR) is 70.1 cm³/mol. The zero-order chi connectivity index (χ0) is 12.8. The Kier molecular flexibility index (Phi) is 4.73. The molecule has 2 rings (SSSR count). The zero-order valence-electron chi connectivity index (χ0n) is 10.4. The van der Waals surface area contributed by atoms with E-state index in [1.165, 1.54) is 0 Å². The Morgan fingerprint density at radius 2 is 2.06 bits per heavy atom. The molecule has 1 fully saturated rings.